The van der Waals surface area contributed by atoms with Gasteiger partial charge >= 0.3 is 0 Å². The molecule has 2 heteroatoms. The molecular formula is C18H27NO. The Bertz CT molecular complexity index is 464. The molecule has 1 aromatic carbocycles. The van der Waals surface area contributed by atoms with Crippen molar-refractivity contribution in [2.24, 2.45) is 0 Å². The monoisotopic (exact) mass is 273 g/mol. The number of likely N-dealkylation sites (N-methyl/N-ethyl adjacent to an activating group) is 1. The van der Waals surface area contributed by atoms with Crippen molar-refractivity contribution in [3.63, 3.8) is 0 Å². The molecule has 0 saturated heterocycles. The quantitative estimate of drug-likeness (QED) is 0.813. The smallest absolute Gasteiger partial charge is 0.122 e. The fraction of sp³-hybridized carbons (Fsp3) is 0.556. The second kappa shape index (κ2) is 7.49. The van der Waals surface area contributed by atoms with Gasteiger partial charge in [-0.05, 0) is 56.8 Å². The zero-order valence-electron chi connectivity index (χ0n) is 13.0. The number of rotatable bonds is 4. The summed E-state index contributed by atoms with van der Waals surface area (Å²) >= 11 is 0. The summed E-state index contributed by atoms with van der Waals surface area (Å²) in [6, 6.07) is 6.87. The summed E-state index contributed by atoms with van der Waals surface area (Å²) in [6.07, 6.45) is 10.3. The molecule has 2 rings (SSSR count). The van der Waals surface area contributed by atoms with Crippen molar-refractivity contribution < 1.29 is 4.74 Å². The van der Waals surface area contributed by atoms with Crippen LogP contribution in [0.15, 0.2) is 29.8 Å². The predicted octanol–water partition coefficient (Wildman–Crippen LogP) is 4.54. The zero-order valence-corrected chi connectivity index (χ0v) is 13.0. The van der Waals surface area contributed by atoms with Gasteiger partial charge in [-0.15, -0.1) is 0 Å². The van der Waals surface area contributed by atoms with Crippen LogP contribution in [0.5, 0.6) is 5.75 Å². The highest BCUT2D eigenvalue weighted by Crippen LogP contribution is 2.31. The molecule has 1 unspecified atom stereocenters. The van der Waals surface area contributed by atoms with Crippen LogP contribution in [0.25, 0.3) is 0 Å². The fourth-order valence-corrected chi connectivity index (χ4v) is 3.06. The highest BCUT2D eigenvalue weighted by atomic mass is 16.5. The third-order valence-corrected chi connectivity index (χ3v) is 4.25. The van der Waals surface area contributed by atoms with Crippen LogP contribution in [0.4, 0.5) is 0 Å². The summed E-state index contributed by atoms with van der Waals surface area (Å²) in [7, 11) is 3.80. The number of aryl methyl sites for hydroxylation is 1. The molecule has 0 radical (unpaired) electrons. The minimum absolute atomic E-state index is 0.322. The lowest BCUT2D eigenvalue weighted by molar-refractivity contribution is 0.410. The van der Waals surface area contributed by atoms with Crippen molar-refractivity contribution in [3.05, 3.63) is 41.0 Å². The molecule has 0 aromatic heterocycles. The Kier molecular flexibility index (Phi) is 5.66. The summed E-state index contributed by atoms with van der Waals surface area (Å²) < 4.78 is 5.47. The molecule has 1 N–H and O–H groups in total. The van der Waals surface area contributed by atoms with Crippen molar-refractivity contribution in [1.29, 1.82) is 0 Å². The zero-order chi connectivity index (χ0) is 14.4. The summed E-state index contributed by atoms with van der Waals surface area (Å²) in [5.41, 5.74) is 4.04. The minimum Gasteiger partial charge on any atom is -0.496 e. The van der Waals surface area contributed by atoms with Crippen molar-refractivity contribution in [1.82, 2.24) is 5.32 Å². The molecular weight excluding hydrogens is 246 g/mol. The Labute approximate surface area is 123 Å². The molecule has 0 bridgehead atoms. The first-order chi connectivity index (χ1) is 9.76. The number of nitrogens with one attached hydrogen (secondary N) is 1. The number of ether oxygens (including phenoxy) is 1. The molecule has 1 aliphatic carbocycles. The van der Waals surface area contributed by atoms with Crippen LogP contribution < -0.4 is 10.1 Å². The van der Waals surface area contributed by atoms with Gasteiger partial charge in [0.25, 0.3) is 0 Å². The highest BCUT2D eigenvalue weighted by Gasteiger charge is 2.16. The average molecular weight is 273 g/mol. The third-order valence-electron chi connectivity index (χ3n) is 4.25. The van der Waals surface area contributed by atoms with E-state index in [1.807, 2.05) is 0 Å². The van der Waals surface area contributed by atoms with E-state index >= 15 is 0 Å². The lowest BCUT2D eigenvalue weighted by Crippen LogP contribution is -2.19. The molecule has 0 amide bonds. The van der Waals surface area contributed by atoms with E-state index in [4.69, 9.17) is 4.74 Å². The normalized spacial score (nSPS) is 20.4. The van der Waals surface area contributed by atoms with Gasteiger partial charge in [0.15, 0.2) is 0 Å². The van der Waals surface area contributed by atoms with Gasteiger partial charge in [0.05, 0.1) is 13.2 Å². The number of methoxy groups -OCH3 is 1. The van der Waals surface area contributed by atoms with E-state index in [2.05, 4.69) is 43.6 Å². The second-order valence-corrected chi connectivity index (χ2v) is 5.68. The largest absolute Gasteiger partial charge is 0.496 e. The molecule has 110 valence electrons. The van der Waals surface area contributed by atoms with E-state index in [-0.39, 0.29) is 0 Å². The first kappa shape index (κ1) is 15.1. The third kappa shape index (κ3) is 3.63. The van der Waals surface area contributed by atoms with Gasteiger partial charge in [0.1, 0.15) is 5.75 Å². The first-order valence-electron chi connectivity index (χ1n) is 7.77. The Morgan fingerprint density at radius 3 is 2.70 bits per heavy atom. The summed E-state index contributed by atoms with van der Waals surface area (Å²) in [5.74, 6) is 0.981. The average Bonchev–Trinajstić information content (AvgIpc) is 2.43. The number of hydrogen-bond donors (Lipinski definition) is 1. The van der Waals surface area contributed by atoms with E-state index in [0.29, 0.717) is 6.04 Å². The van der Waals surface area contributed by atoms with Gasteiger partial charge in [-0.25, -0.2) is 0 Å². The van der Waals surface area contributed by atoms with E-state index in [1.165, 1.54) is 55.2 Å². The van der Waals surface area contributed by atoms with E-state index in [0.717, 1.165) is 5.75 Å². The topological polar surface area (TPSA) is 21.3 Å². The van der Waals surface area contributed by atoms with Gasteiger partial charge < -0.3 is 10.1 Å². The van der Waals surface area contributed by atoms with Gasteiger partial charge in [-0.1, -0.05) is 36.6 Å². The van der Waals surface area contributed by atoms with Crippen molar-refractivity contribution >= 4 is 0 Å². The van der Waals surface area contributed by atoms with E-state index in [9.17, 15) is 0 Å². The SMILES string of the molecule is CNC(/C1=C/CCCCCC1)c1ccc(C)c(OC)c1. The maximum atomic E-state index is 5.47. The molecule has 1 aliphatic rings. The van der Waals surface area contributed by atoms with Crippen LogP contribution in [0.2, 0.25) is 0 Å². The van der Waals surface area contributed by atoms with Crippen LogP contribution in [0, 0.1) is 6.92 Å². The van der Waals surface area contributed by atoms with Crippen molar-refractivity contribution in [3.8, 4) is 5.75 Å². The summed E-state index contributed by atoms with van der Waals surface area (Å²) in [4.78, 5) is 0. The lowest BCUT2D eigenvalue weighted by Gasteiger charge is -2.23. The van der Waals surface area contributed by atoms with Crippen LogP contribution in [0.1, 0.15) is 55.7 Å². The van der Waals surface area contributed by atoms with Crippen LogP contribution in [-0.2, 0) is 0 Å². The Morgan fingerprint density at radius 1 is 1.15 bits per heavy atom. The maximum absolute atomic E-state index is 5.47. The van der Waals surface area contributed by atoms with Gasteiger partial charge in [-0.2, -0.15) is 0 Å². The van der Waals surface area contributed by atoms with Crippen LogP contribution in [-0.4, -0.2) is 14.2 Å². The molecule has 1 atom stereocenters. The molecule has 1 aromatic rings. The maximum Gasteiger partial charge on any atom is 0.122 e. The molecule has 0 saturated carbocycles. The first-order valence-corrected chi connectivity index (χ1v) is 7.77. The Balaban J connectivity index is 2.26. The Morgan fingerprint density at radius 2 is 1.95 bits per heavy atom. The second-order valence-electron chi connectivity index (χ2n) is 5.68. The van der Waals surface area contributed by atoms with Crippen LogP contribution >= 0.6 is 0 Å². The standard InChI is InChI=1S/C18H27NO/c1-14-11-12-16(13-17(14)20-3)18(19-2)15-9-7-5-4-6-8-10-15/h9,11-13,18-19H,4-8,10H2,1-3H3/b15-9+. The number of benzene rings is 1. The molecule has 0 fully saturated rings. The molecule has 0 heterocycles. The van der Waals surface area contributed by atoms with Gasteiger partial charge in [-0.3, -0.25) is 0 Å². The van der Waals surface area contributed by atoms with Gasteiger partial charge in [0.2, 0.25) is 0 Å². The van der Waals surface area contributed by atoms with Gasteiger partial charge in [0, 0.05) is 0 Å². The summed E-state index contributed by atoms with van der Waals surface area (Å²) in [6.45, 7) is 2.09. The van der Waals surface area contributed by atoms with E-state index < -0.39 is 0 Å². The molecule has 20 heavy (non-hydrogen) atoms. The number of allylic oxidation sites excluding steroid dienone is 1. The van der Waals surface area contributed by atoms with E-state index in [1.54, 1.807) is 7.11 Å². The molecule has 2 nitrogen and oxygen atoms in total. The fourth-order valence-electron chi connectivity index (χ4n) is 3.06. The number of hydrogen-bond acceptors (Lipinski definition) is 2. The van der Waals surface area contributed by atoms with Crippen molar-refractivity contribution in [2.45, 2.75) is 51.5 Å². The predicted molar refractivity (Wildman–Crippen MR) is 85.3 cm³/mol. The highest BCUT2D eigenvalue weighted by molar-refractivity contribution is 5.40. The van der Waals surface area contributed by atoms with Crippen molar-refractivity contribution in [2.75, 3.05) is 14.2 Å². The molecule has 0 aliphatic heterocycles. The summed E-state index contributed by atoms with van der Waals surface area (Å²) in [5, 5.41) is 3.48. The molecule has 0 spiro atoms. The minimum atomic E-state index is 0.322. The Hall–Kier alpha value is -1.28. The van der Waals surface area contributed by atoms with Crippen LogP contribution in [0.3, 0.4) is 0 Å². The lowest BCUT2D eigenvalue weighted by atomic mass is 9.90.